The van der Waals surface area contributed by atoms with Crippen molar-refractivity contribution in [3.63, 3.8) is 0 Å². The molecule has 0 spiro atoms. The number of nitrogens with zero attached hydrogens (tertiary/aromatic N) is 2. The van der Waals surface area contributed by atoms with Gasteiger partial charge in [0.25, 0.3) is 5.56 Å². The van der Waals surface area contributed by atoms with Crippen molar-refractivity contribution < 1.29 is 19.8 Å². The van der Waals surface area contributed by atoms with E-state index in [1.54, 1.807) is 6.07 Å². The minimum Gasteiger partial charge on any atom is -0.480 e. The SMILES string of the molecule is Cc1cn(C[C@H](N)C(=O)O)c(=O)n(Cc2ccccc2C(=O)O)c1=O. The van der Waals surface area contributed by atoms with Crippen molar-refractivity contribution in [3.8, 4) is 0 Å². The quantitative estimate of drug-likeness (QED) is 0.637. The first-order chi connectivity index (χ1) is 11.7. The van der Waals surface area contributed by atoms with Gasteiger partial charge in [0.05, 0.1) is 18.7 Å². The van der Waals surface area contributed by atoms with E-state index in [9.17, 15) is 24.3 Å². The second-order valence-corrected chi connectivity index (χ2v) is 5.55. The van der Waals surface area contributed by atoms with Crippen LogP contribution < -0.4 is 17.0 Å². The Morgan fingerprint density at radius 2 is 1.84 bits per heavy atom. The molecule has 9 nitrogen and oxygen atoms in total. The first-order valence-electron chi connectivity index (χ1n) is 7.33. The lowest BCUT2D eigenvalue weighted by atomic mass is 10.1. The molecular formula is C16H17N3O6. The second kappa shape index (κ2) is 7.14. The van der Waals surface area contributed by atoms with Crippen LogP contribution in [-0.4, -0.2) is 37.3 Å². The summed E-state index contributed by atoms with van der Waals surface area (Å²) in [5.74, 6) is -2.46. The van der Waals surface area contributed by atoms with Gasteiger partial charge < -0.3 is 15.9 Å². The van der Waals surface area contributed by atoms with Gasteiger partial charge in [-0.05, 0) is 18.6 Å². The Balaban J connectivity index is 2.54. The molecule has 9 heteroatoms. The lowest BCUT2D eigenvalue weighted by Gasteiger charge is -2.14. The summed E-state index contributed by atoms with van der Waals surface area (Å²) in [7, 11) is 0. The topological polar surface area (TPSA) is 145 Å². The van der Waals surface area contributed by atoms with Crippen LogP contribution in [0.25, 0.3) is 0 Å². The highest BCUT2D eigenvalue weighted by atomic mass is 16.4. The summed E-state index contributed by atoms with van der Waals surface area (Å²) >= 11 is 0. The Bertz CT molecular complexity index is 944. The molecule has 0 aliphatic heterocycles. The van der Waals surface area contributed by atoms with Crippen LogP contribution in [-0.2, 0) is 17.9 Å². The van der Waals surface area contributed by atoms with E-state index in [-0.39, 0.29) is 29.8 Å². The van der Waals surface area contributed by atoms with Gasteiger partial charge in [-0.3, -0.25) is 18.7 Å². The van der Waals surface area contributed by atoms with Crippen molar-refractivity contribution in [2.45, 2.75) is 26.1 Å². The number of rotatable bonds is 6. The molecule has 0 saturated carbocycles. The molecule has 0 radical (unpaired) electrons. The third kappa shape index (κ3) is 3.83. The summed E-state index contributed by atoms with van der Waals surface area (Å²) in [5.41, 5.74) is 4.59. The fourth-order valence-electron chi connectivity index (χ4n) is 2.40. The third-order valence-electron chi connectivity index (χ3n) is 3.70. The highest BCUT2D eigenvalue weighted by Gasteiger charge is 2.17. The van der Waals surface area contributed by atoms with Crippen LogP contribution in [0.5, 0.6) is 0 Å². The van der Waals surface area contributed by atoms with Crippen LogP contribution in [0.3, 0.4) is 0 Å². The molecule has 0 fully saturated rings. The van der Waals surface area contributed by atoms with Gasteiger partial charge in [0.1, 0.15) is 6.04 Å². The van der Waals surface area contributed by atoms with Crippen LogP contribution in [0.15, 0.2) is 40.1 Å². The number of aliphatic carboxylic acids is 1. The standard InChI is InChI=1S/C16H17N3O6/c1-9-6-18(8-12(17)15(23)24)16(25)19(13(9)20)7-10-4-2-3-5-11(10)14(21)22/h2-6,12H,7-8,17H2,1H3,(H,21,22)(H,23,24)/t12-/m0/s1. The van der Waals surface area contributed by atoms with Crippen LogP contribution in [0.2, 0.25) is 0 Å². The summed E-state index contributed by atoms with van der Waals surface area (Å²) in [6, 6.07) is 4.70. The van der Waals surface area contributed by atoms with Crippen molar-refractivity contribution in [2.24, 2.45) is 5.73 Å². The third-order valence-corrected chi connectivity index (χ3v) is 3.70. The van der Waals surface area contributed by atoms with Gasteiger partial charge in [0.2, 0.25) is 0 Å². The van der Waals surface area contributed by atoms with Gasteiger partial charge in [-0.1, -0.05) is 18.2 Å². The van der Waals surface area contributed by atoms with E-state index < -0.39 is 29.2 Å². The lowest BCUT2D eigenvalue weighted by Crippen LogP contribution is -2.45. The summed E-state index contributed by atoms with van der Waals surface area (Å²) in [6.45, 7) is 0.921. The van der Waals surface area contributed by atoms with Gasteiger partial charge >= 0.3 is 17.6 Å². The first kappa shape index (κ1) is 18.1. The van der Waals surface area contributed by atoms with Crippen molar-refractivity contribution in [1.29, 1.82) is 0 Å². The number of hydrogen-bond acceptors (Lipinski definition) is 5. The van der Waals surface area contributed by atoms with Gasteiger partial charge in [0, 0.05) is 11.8 Å². The molecule has 2 aromatic rings. The molecule has 1 aromatic heterocycles. The molecule has 0 bridgehead atoms. The molecule has 132 valence electrons. The Morgan fingerprint density at radius 3 is 2.44 bits per heavy atom. The van der Waals surface area contributed by atoms with Gasteiger partial charge in [-0.15, -0.1) is 0 Å². The van der Waals surface area contributed by atoms with E-state index in [2.05, 4.69) is 0 Å². The smallest absolute Gasteiger partial charge is 0.336 e. The highest BCUT2D eigenvalue weighted by Crippen LogP contribution is 2.09. The number of carboxylic acids is 2. The number of aromatic nitrogens is 2. The zero-order chi connectivity index (χ0) is 18.7. The maximum atomic E-state index is 12.5. The second-order valence-electron chi connectivity index (χ2n) is 5.55. The van der Waals surface area contributed by atoms with E-state index >= 15 is 0 Å². The Morgan fingerprint density at radius 1 is 1.20 bits per heavy atom. The molecule has 25 heavy (non-hydrogen) atoms. The van der Waals surface area contributed by atoms with Gasteiger partial charge in [-0.25, -0.2) is 9.59 Å². The van der Waals surface area contributed by atoms with Crippen molar-refractivity contribution in [1.82, 2.24) is 9.13 Å². The van der Waals surface area contributed by atoms with Crippen LogP contribution in [0.1, 0.15) is 21.5 Å². The summed E-state index contributed by atoms with van der Waals surface area (Å²) in [4.78, 5) is 47.0. The van der Waals surface area contributed by atoms with E-state index in [1.807, 2.05) is 0 Å². The summed E-state index contributed by atoms with van der Waals surface area (Å²) in [6.07, 6.45) is 1.24. The van der Waals surface area contributed by atoms with Crippen LogP contribution in [0, 0.1) is 6.92 Å². The molecule has 0 aliphatic rings. The molecular weight excluding hydrogens is 330 g/mol. The number of nitrogens with two attached hydrogens (primary N) is 1. The number of hydrogen-bond donors (Lipinski definition) is 3. The minimum atomic E-state index is -1.31. The number of carboxylic acid groups (broad SMARTS) is 2. The van der Waals surface area contributed by atoms with Crippen molar-refractivity contribution in [2.75, 3.05) is 0 Å². The predicted molar refractivity (Wildman–Crippen MR) is 87.8 cm³/mol. The highest BCUT2D eigenvalue weighted by molar-refractivity contribution is 5.89. The Hall–Kier alpha value is -3.20. The molecule has 2 rings (SSSR count). The Kier molecular flexibility index (Phi) is 5.18. The monoisotopic (exact) mass is 347 g/mol. The van der Waals surface area contributed by atoms with E-state index in [1.165, 1.54) is 31.3 Å². The van der Waals surface area contributed by atoms with E-state index in [0.717, 1.165) is 9.13 Å². The largest absolute Gasteiger partial charge is 0.480 e. The average Bonchev–Trinajstić information content (AvgIpc) is 2.56. The van der Waals surface area contributed by atoms with Crippen molar-refractivity contribution in [3.05, 3.63) is 68.0 Å². The first-order valence-corrected chi connectivity index (χ1v) is 7.33. The molecule has 4 N–H and O–H groups in total. The van der Waals surface area contributed by atoms with Crippen molar-refractivity contribution >= 4 is 11.9 Å². The molecule has 1 atom stereocenters. The molecule has 1 heterocycles. The zero-order valence-corrected chi connectivity index (χ0v) is 13.4. The number of benzene rings is 1. The minimum absolute atomic E-state index is 0.0240. The Labute approximate surface area is 141 Å². The molecule has 1 aromatic carbocycles. The summed E-state index contributed by atoms with van der Waals surface area (Å²) in [5, 5.41) is 18.1. The number of carbonyl (C=O) groups is 2. The molecule has 0 saturated heterocycles. The van der Waals surface area contributed by atoms with E-state index in [0.29, 0.717) is 0 Å². The maximum Gasteiger partial charge on any atom is 0.336 e. The molecule has 0 aliphatic carbocycles. The average molecular weight is 347 g/mol. The number of aryl methyl sites for hydroxylation is 1. The van der Waals surface area contributed by atoms with E-state index in [4.69, 9.17) is 10.8 Å². The molecule has 0 amide bonds. The fraction of sp³-hybridized carbons (Fsp3) is 0.250. The lowest BCUT2D eigenvalue weighted by molar-refractivity contribution is -0.138. The summed E-state index contributed by atoms with van der Waals surface area (Å²) < 4.78 is 1.91. The normalized spacial score (nSPS) is 11.9. The molecule has 0 unspecified atom stereocenters. The van der Waals surface area contributed by atoms with Gasteiger partial charge in [-0.2, -0.15) is 0 Å². The fourth-order valence-corrected chi connectivity index (χ4v) is 2.40. The zero-order valence-electron chi connectivity index (χ0n) is 13.4. The maximum absolute atomic E-state index is 12.5. The predicted octanol–water partition coefficient (Wildman–Crippen LogP) is -0.523. The van der Waals surface area contributed by atoms with Crippen LogP contribution in [0.4, 0.5) is 0 Å². The van der Waals surface area contributed by atoms with Crippen LogP contribution >= 0.6 is 0 Å². The number of aromatic carboxylic acids is 1. The van der Waals surface area contributed by atoms with Gasteiger partial charge in [0.15, 0.2) is 0 Å².